The smallest absolute Gasteiger partial charge is 0.410 e. The quantitative estimate of drug-likeness (QED) is 0.358. The maximum absolute atomic E-state index is 14.1. The van der Waals surface area contributed by atoms with Crippen molar-refractivity contribution in [2.45, 2.75) is 78.4 Å². The van der Waals surface area contributed by atoms with Gasteiger partial charge in [-0.25, -0.2) is 4.79 Å². The van der Waals surface area contributed by atoms with Crippen LogP contribution in [-0.2, 0) is 9.53 Å². The minimum absolute atomic E-state index is 0.0396. The third-order valence-corrected chi connectivity index (χ3v) is 9.07. The van der Waals surface area contributed by atoms with Gasteiger partial charge in [0.05, 0.1) is 6.04 Å². The minimum atomic E-state index is -0.541. The van der Waals surface area contributed by atoms with E-state index in [9.17, 15) is 9.59 Å². The average Bonchev–Trinajstić information content (AvgIpc) is 3.21. The van der Waals surface area contributed by atoms with E-state index in [1.165, 1.54) is 54.5 Å². The van der Waals surface area contributed by atoms with E-state index < -0.39 is 5.60 Å². The van der Waals surface area contributed by atoms with Gasteiger partial charge in [-0.2, -0.15) is 0 Å². The van der Waals surface area contributed by atoms with Crippen LogP contribution in [0.3, 0.4) is 0 Å². The van der Waals surface area contributed by atoms with Gasteiger partial charge in [-0.1, -0.05) is 88.2 Å². The molecule has 234 valence electrons. The molecule has 3 aliphatic heterocycles. The summed E-state index contributed by atoms with van der Waals surface area (Å²) in [5, 5.41) is 0. The first-order chi connectivity index (χ1) is 21.2. The van der Waals surface area contributed by atoms with Crippen LogP contribution in [0.4, 0.5) is 10.5 Å². The average molecular weight is 596 g/mol. The number of anilines is 1. The number of ether oxygens (including phenoxy) is 1. The van der Waals surface area contributed by atoms with Gasteiger partial charge in [0.25, 0.3) is 5.91 Å². The normalized spacial score (nSPS) is 20.0. The molecule has 4 aliphatic rings. The zero-order valence-electron chi connectivity index (χ0n) is 27.3. The van der Waals surface area contributed by atoms with Crippen LogP contribution >= 0.6 is 0 Å². The maximum atomic E-state index is 14.1. The summed E-state index contributed by atoms with van der Waals surface area (Å²) >= 11 is 0. The molecule has 1 unspecified atom stereocenters. The van der Waals surface area contributed by atoms with Gasteiger partial charge < -0.3 is 19.4 Å². The van der Waals surface area contributed by atoms with Gasteiger partial charge in [-0.05, 0) is 73.9 Å². The van der Waals surface area contributed by atoms with Crippen LogP contribution in [0.1, 0.15) is 95.0 Å². The number of carbonyl (C=O) groups excluding carboxylic acids is 2. The highest BCUT2D eigenvalue weighted by Gasteiger charge is 2.36. The Labute approximate surface area is 264 Å². The predicted molar refractivity (Wildman–Crippen MR) is 181 cm³/mol. The molecule has 2 amide bonds. The van der Waals surface area contributed by atoms with Gasteiger partial charge >= 0.3 is 6.09 Å². The van der Waals surface area contributed by atoms with E-state index in [-0.39, 0.29) is 18.0 Å². The fourth-order valence-corrected chi connectivity index (χ4v) is 6.95. The first kappa shape index (κ1) is 31.6. The van der Waals surface area contributed by atoms with Crippen LogP contribution in [-0.4, -0.2) is 60.1 Å². The van der Waals surface area contributed by atoms with E-state index in [0.717, 1.165) is 16.7 Å². The number of nitrogens with zero attached hydrogens (tertiary/aromatic N) is 3. The monoisotopic (exact) mass is 595 g/mol. The molecule has 44 heavy (non-hydrogen) atoms. The number of rotatable bonds is 3. The molecule has 3 heterocycles. The first-order valence-electron chi connectivity index (χ1n) is 16.5. The molecule has 0 aromatic heterocycles. The van der Waals surface area contributed by atoms with Crippen molar-refractivity contribution in [1.82, 2.24) is 9.80 Å². The zero-order valence-corrected chi connectivity index (χ0v) is 27.3. The second kappa shape index (κ2) is 13.5. The van der Waals surface area contributed by atoms with Gasteiger partial charge in [0, 0.05) is 49.5 Å². The van der Waals surface area contributed by atoms with Crippen molar-refractivity contribution in [3.63, 3.8) is 0 Å². The van der Waals surface area contributed by atoms with Crippen molar-refractivity contribution in [1.29, 1.82) is 0 Å². The molecule has 2 aromatic carbocycles. The Kier molecular flexibility index (Phi) is 9.67. The Balaban J connectivity index is 0.00000188. The molecule has 6 heteroatoms. The largest absolute Gasteiger partial charge is 0.444 e. The Morgan fingerprint density at radius 2 is 1.61 bits per heavy atom. The molecular formula is C38H49N3O3. The molecule has 1 saturated carbocycles. The van der Waals surface area contributed by atoms with Gasteiger partial charge in [-0.15, -0.1) is 0 Å². The second-order valence-corrected chi connectivity index (χ2v) is 13.1. The zero-order chi connectivity index (χ0) is 31.4. The molecule has 0 N–H and O–H groups in total. The van der Waals surface area contributed by atoms with E-state index in [1.807, 2.05) is 45.6 Å². The summed E-state index contributed by atoms with van der Waals surface area (Å²) in [6.45, 7) is 16.1. The van der Waals surface area contributed by atoms with E-state index >= 15 is 0 Å². The van der Waals surface area contributed by atoms with Crippen LogP contribution < -0.4 is 4.90 Å². The van der Waals surface area contributed by atoms with Crippen molar-refractivity contribution >= 4 is 35.4 Å². The van der Waals surface area contributed by atoms with Crippen molar-refractivity contribution in [2.75, 3.05) is 37.6 Å². The lowest BCUT2D eigenvalue weighted by Crippen LogP contribution is -2.52. The Morgan fingerprint density at radius 1 is 0.932 bits per heavy atom. The van der Waals surface area contributed by atoms with Gasteiger partial charge in [0.1, 0.15) is 5.60 Å². The summed E-state index contributed by atoms with van der Waals surface area (Å²) in [6.07, 6.45) is 12.6. The maximum Gasteiger partial charge on any atom is 0.410 e. The summed E-state index contributed by atoms with van der Waals surface area (Å²) in [7, 11) is 0. The van der Waals surface area contributed by atoms with Gasteiger partial charge in [-0.3, -0.25) is 4.79 Å². The summed E-state index contributed by atoms with van der Waals surface area (Å²) in [5.41, 5.74) is 7.60. The standard InChI is InChI=1S/C36H43N3O3.C2H6/c1-5-25-15-16-30-31(26-11-7-6-8-12-26)23-33-29-14-10-9-13-27(29)22-28(24-39(33)32(30)21-25)34(40)37-17-19-38(20-18-37)35(41)42-36(2,3)4;1-2/h5,9-10,13-16,21-23,26,33H,1,6-8,11-12,17-20,24H2,2-4H3;1-2H3. The van der Waals surface area contributed by atoms with E-state index in [2.05, 4.69) is 66.1 Å². The molecule has 0 spiro atoms. The fraction of sp³-hybridized carbons (Fsp3) is 0.474. The van der Waals surface area contributed by atoms with Gasteiger partial charge in [0.2, 0.25) is 0 Å². The van der Waals surface area contributed by atoms with Crippen LogP contribution in [0, 0.1) is 5.92 Å². The van der Waals surface area contributed by atoms with E-state index in [0.29, 0.717) is 38.6 Å². The van der Waals surface area contributed by atoms with Crippen LogP contribution in [0.25, 0.3) is 17.7 Å². The molecule has 0 bridgehead atoms. The Morgan fingerprint density at radius 3 is 2.30 bits per heavy atom. The number of benzene rings is 2. The summed E-state index contributed by atoms with van der Waals surface area (Å²) in [6, 6.07) is 15.3. The van der Waals surface area contributed by atoms with Crippen LogP contribution in [0.5, 0.6) is 0 Å². The lowest BCUT2D eigenvalue weighted by molar-refractivity contribution is -0.128. The van der Waals surface area contributed by atoms with Crippen molar-refractivity contribution < 1.29 is 14.3 Å². The molecule has 1 aliphatic carbocycles. The van der Waals surface area contributed by atoms with Gasteiger partial charge in [0.15, 0.2) is 0 Å². The molecule has 2 fully saturated rings. The molecule has 2 aromatic rings. The van der Waals surface area contributed by atoms with E-state index in [4.69, 9.17) is 4.74 Å². The molecule has 1 atom stereocenters. The number of fused-ring (bicyclic) bond motifs is 5. The van der Waals surface area contributed by atoms with Crippen LogP contribution in [0.2, 0.25) is 0 Å². The molecule has 1 saturated heterocycles. The third-order valence-electron chi connectivity index (χ3n) is 9.07. The topological polar surface area (TPSA) is 53.1 Å². The highest BCUT2D eigenvalue weighted by molar-refractivity contribution is 6.00. The van der Waals surface area contributed by atoms with E-state index in [1.54, 1.807) is 4.90 Å². The molecule has 6 nitrogen and oxygen atoms in total. The number of hydrogen-bond acceptors (Lipinski definition) is 4. The highest BCUT2D eigenvalue weighted by atomic mass is 16.6. The fourth-order valence-electron chi connectivity index (χ4n) is 6.95. The lowest BCUT2D eigenvalue weighted by atomic mass is 9.77. The Bertz CT molecular complexity index is 1440. The summed E-state index contributed by atoms with van der Waals surface area (Å²) in [5.74, 6) is 0.609. The van der Waals surface area contributed by atoms with Crippen molar-refractivity contribution in [3.8, 4) is 0 Å². The molecule has 0 radical (unpaired) electrons. The van der Waals surface area contributed by atoms with Crippen molar-refractivity contribution in [3.05, 3.63) is 82.9 Å². The minimum Gasteiger partial charge on any atom is -0.444 e. The molecule has 6 rings (SSSR count). The number of hydrogen-bond donors (Lipinski definition) is 0. The lowest BCUT2D eigenvalue weighted by Gasteiger charge is -2.41. The SMILES string of the molecule is C=Cc1ccc2c(c1)N1CC(C(=O)N3CCN(C(=O)OC(C)(C)C)CC3)=Cc3ccccc3C1C=C2C1CCCCC1.CC. The predicted octanol–water partition coefficient (Wildman–Crippen LogP) is 8.36. The highest BCUT2D eigenvalue weighted by Crippen LogP contribution is 2.48. The summed E-state index contributed by atoms with van der Waals surface area (Å²) in [4.78, 5) is 32.7. The van der Waals surface area contributed by atoms with Crippen molar-refractivity contribution in [2.24, 2.45) is 5.92 Å². The Hall–Kier alpha value is -3.80. The summed E-state index contributed by atoms with van der Waals surface area (Å²) < 4.78 is 5.56. The number of amides is 2. The second-order valence-electron chi connectivity index (χ2n) is 13.1. The number of carbonyl (C=O) groups is 2. The third kappa shape index (κ3) is 6.64. The van der Waals surface area contributed by atoms with Crippen LogP contribution in [0.15, 0.2) is 60.7 Å². The number of allylic oxidation sites excluding steroid dienone is 1. The molecular weight excluding hydrogens is 546 g/mol. The first-order valence-corrected chi connectivity index (χ1v) is 16.5. The number of piperazine rings is 1.